The molecule has 0 bridgehead atoms. The van der Waals surface area contributed by atoms with Gasteiger partial charge in [0, 0.05) is 25.7 Å². The van der Waals surface area contributed by atoms with Crippen LogP contribution in [0.25, 0.3) is 0 Å². The molecule has 1 aromatic rings. The van der Waals surface area contributed by atoms with Crippen LogP contribution in [0.2, 0.25) is 0 Å². The summed E-state index contributed by atoms with van der Waals surface area (Å²) in [7, 11) is 3.34. The highest BCUT2D eigenvalue weighted by atomic mass is 32.2. The highest BCUT2D eigenvalue weighted by Crippen LogP contribution is 2.17. The van der Waals surface area contributed by atoms with E-state index in [1.54, 1.807) is 14.2 Å². The van der Waals surface area contributed by atoms with E-state index in [0.717, 1.165) is 11.5 Å². The Morgan fingerprint density at radius 3 is 2.47 bits per heavy atom. The third-order valence-corrected chi connectivity index (χ3v) is 3.32. The van der Waals surface area contributed by atoms with Gasteiger partial charge in [-0.05, 0) is 18.1 Å². The van der Waals surface area contributed by atoms with Crippen molar-refractivity contribution in [1.29, 1.82) is 0 Å². The lowest BCUT2D eigenvalue weighted by Gasteiger charge is -2.13. The first-order valence-corrected chi connectivity index (χ1v) is 6.11. The number of hydrogen-bond acceptors (Lipinski definition) is 3. The van der Waals surface area contributed by atoms with Gasteiger partial charge in [0.1, 0.15) is 0 Å². The number of thioether (sulfide) groups is 1. The minimum absolute atomic E-state index is 0.0981. The van der Waals surface area contributed by atoms with E-state index >= 15 is 0 Å². The number of aryl methyl sites for hydroxylation is 1. The first-order valence-electron chi connectivity index (χ1n) is 4.95. The molecule has 15 heavy (non-hydrogen) atoms. The van der Waals surface area contributed by atoms with Gasteiger partial charge in [-0.3, -0.25) is 0 Å². The van der Waals surface area contributed by atoms with Gasteiger partial charge in [0.25, 0.3) is 0 Å². The van der Waals surface area contributed by atoms with Crippen LogP contribution in [-0.4, -0.2) is 26.3 Å². The van der Waals surface area contributed by atoms with Gasteiger partial charge in [0.2, 0.25) is 0 Å². The first kappa shape index (κ1) is 12.6. The average molecular weight is 226 g/mol. The fourth-order valence-corrected chi connectivity index (χ4v) is 2.40. The van der Waals surface area contributed by atoms with Gasteiger partial charge in [-0.1, -0.05) is 24.3 Å². The van der Waals surface area contributed by atoms with Gasteiger partial charge < -0.3 is 9.47 Å². The molecule has 0 saturated heterocycles. The monoisotopic (exact) mass is 226 g/mol. The summed E-state index contributed by atoms with van der Waals surface area (Å²) >= 11 is 1.83. The minimum Gasteiger partial charge on any atom is -0.355 e. The Labute approximate surface area is 96.0 Å². The Kier molecular flexibility index (Phi) is 5.76. The Morgan fingerprint density at radius 2 is 1.87 bits per heavy atom. The molecule has 0 N–H and O–H groups in total. The van der Waals surface area contributed by atoms with Crippen molar-refractivity contribution in [2.24, 2.45) is 0 Å². The van der Waals surface area contributed by atoms with Crippen molar-refractivity contribution in [2.45, 2.75) is 19.0 Å². The molecular formula is C12H18O2S. The lowest BCUT2D eigenvalue weighted by Crippen LogP contribution is -2.15. The maximum absolute atomic E-state index is 5.12. The van der Waals surface area contributed by atoms with Crippen molar-refractivity contribution in [3.63, 3.8) is 0 Å². The SMILES string of the molecule is COC(CSCc1ccccc1C)OC. The third kappa shape index (κ3) is 4.24. The van der Waals surface area contributed by atoms with Crippen LogP contribution in [0.1, 0.15) is 11.1 Å². The van der Waals surface area contributed by atoms with Crippen molar-refractivity contribution < 1.29 is 9.47 Å². The topological polar surface area (TPSA) is 18.5 Å². The molecule has 84 valence electrons. The Balaban J connectivity index is 2.34. The molecule has 0 saturated carbocycles. The zero-order valence-electron chi connectivity index (χ0n) is 9.53. The van der Waals surface area contributed by atoms with Gasteiger partial charge in [0.05, 0.1) is 0 Å². The second-order valence-electron chi connectivity index (χ2n) is 3.34. The summed E-state index contributed by atoms with van der Waals surface area (Å²) in [5.41, 5.74) is 2.73. The van der Waals surface area contributed by atoms with Gasteiger partial charge >= 0.3 is 0 Å². The lowest BCUT2D eigenvalue weighted by atomic mass is 10.1. The molecule has 0 aliphatic rings. The molecular weight excluding hydrogens is 208 g/mol. The second kappa shape index (κ2) is 6.88. The quantitative estimate of drug-likeness (QED) is 0.695. The van der Waals surface area contributed by atoms with Gasteiger partial charge in [-0.15, -0.1) is 0 Å². The molecule has 0 atom stereocenters. The molecule has 0 unspecified atom stereocenters. The summed E-state index contributed by atoms with van der Waals surface area (Å²) < 4.78 is 10.2. The standard InChI is InChI=1S/C12H18O2S/c1-10-6-4-5-7-11(10)8-15-9-12(13-2)14-3/h4-7,12H,8-9H2,1-3H3. The van der Waals surface area contributed by atoms with Crippen LogP contribution < -0.4 is 0 Å². The van der Waals surface area contributed by atoms with Crippen molar-refractivity contribution in [1.82, 2.24) is 0 Å². The van der Waals surface area contributed by atoms with Crippen LogP contribution >= 0.6 is 11.8 Å². The van der Waals surface area contributed by atoms with E-state index in [1.165, 1.54) is 11.1 Å². The summed E-state index contributed by atoms with van der Waals surface area (Å²) in [5, 5.41) is 0. The minimum atomic E-state index is -0.0981. The number of methoxy groups -OCH3 is 2. The molecule has 0 amide bonds. The van der Waals surface area contributed by atoms with Crippen molar-refractivity contribution in [3.05, 3.63) is 35.4 Å². The van der Waals surface area contributed by atoms with E-state index in [9.17, 15) is 0 Å². The molecule has 0 radical (unpaired) electrons. The predicted octanol–water partition coefficient (Wildman–Crippen LogP) is 2.85. The molecule has 0 fully saturated rings. The molecule has 2 nitrogen and oxygen atoms in total. The summed E-state index contributed by atoms with van der Waals surface area (Å²) in [5.74, 6) is 1.87. The van der Waals surface area contributed by atoms with Gasteiger partial charge in [-0.2, -0.15) is 11.8 Å². The van der Waals surface area contributed by atoms with Crippen LogP contribution in [0.3, 0.4) is 0 Å². The molecule has 0 aliphatic carbocycles. The van der Waals surface area contributed by atoms with Gasteiger partial charge in [-0.25, -0.2) is 0 Å². The van der Waals surface area contributed by atoms with Crippen molar-refractivity contribution in [3.8, 4) is 0 Å². The summed E-state index contributed by atoms with van der Waals surface area (Å²) in [6.45, 7) is 2.14. The summed E-state index contributed by atoms with van der Waals surface area (Å²) in [4.78, 5) is 0. The zero-order chi connectivity index (χ0) is 11.1. The second-order valence-corrected chi connectivity index (χ2v) is 4.37. The Hall–Kier alpha value is -0.510. The maximum atomic E-state index is 5.12. The Bertz CT molecular complexity index is 285. The molecule has 0 aliphatic heterocycles. The van der Waals surface area contributed by atoms with Crippen LogP contribution in [0.5, 0.6) is 0 Å². The van der Waals surface area contributed by atoms with E-state index in [-0.39, 0.29) is 6.29 Å². The third-order valence-electron chi connectivity index (χ3n) is 2.30. The molecule has 3 heteroatoms. The number of benzene rings is 1. The molecule has 0 aromatic heterocycles. The molecule has 1 rings (SSSR count). The molecule has 1 aromatic carbocycles. The predicted molar refractivity (Wildman–Crippen MR) is 65.1 cm³/mol. The number of rotatable bonds is 6. The van der Waals surface area contributed by atoms with Gasteiger partial charge in [0.15, 0.2) is 6.29 Å². The first-order chi connectivity index (χ1) is 7.27. The zero-order valence-corrected chi connectivity index (χ0v) is 10.3. The lowest BCUT2D eigenvalue weighted by molar-refractivity contribution is -0.0842. The average Bonchev–Trinajstić information content (AvgIpc) is 2.27. The van der Waals surface area contributed by atoms with E-state index < -0.39 is 0 Å². The molecule has 0 heterocycles. The van der Waals surface area contributed by atoms with Crippen LogP contribution in [0.15, 0.2) is 24.3 Å². The summed E-state index contributed by atoms with van der Waals surface area (Å²) in [6, 6.07) is 8.45. The fraction of sp³-hybridized carbons (Fsp3) is 0.500. The highest BCUT2D eigenvalue weighted by molar-refractivity contribution is 7.98. The van der Waals surface area contributed by atoms with Crippen molar-refractivity contribution in [2.75, 3.05) is 20.0 Å². The van der Waals surface area contributed by atoms with E-state index in [4.69, 9.17) is 9.47 Å². The molecule has 0 spiro atoms. The number of ether oxygens (including phenoxy) is 2. The van der Waals surface area contributed by atoms with E-state index in [1.807, 2.05) is 11.8 Å². The normalized spacial score (nSPS) is 10.9. The number of hydrogen-bond donors (Lipinski definition) is 0. The van der Waals surface area contributed by atoms with Crippen LogP contribution in [-0.2, 0) is 15.2 Å². The van der Waals surface area contributed by atoms with Crippen molar-refractivity contribution >= 4 is 11.8 Å². The summed E-state index contributed by atoms with van der Waals surface area (Å²) in [6.07, 6.45) is -0.0981. The smallest absolute Gasteiger partial charge is 0.165 e. The highest BCUT2D eigenvalue weighted by Gasteiger charge is 2.05. The van der Waals surface area contributed by atoms with Crippen LogP contribution in [0.4, 0.5) is 0 Å². The van der Waals surface area contributed by atoms with E-state index in [0.29, 0.717) is 0 Å². The Morgan fingerprint density at radius 1 is 1.20 bits per heavy atom. The maximum Gasteiger partial charge on any atom is 0.165 e. The van der Waals surface area contributed by atoms with Crippen LogP contribution in [0, 0.1) is 6.92 Å². The largest absolute Gasteiger partial charge is 0.355 e. The fourth-order valence-electron chi connectivity index (χ4n) is 1.27. The van der Waals surface area contributed by atoms with E-state index in [2.05, 4.69) is 31.2 Å².